The summed E-state index contributed by atoms with van der Waals surface area (Å²) in [6.45, 7) is 0.835. The van der Waals surface area contributed by atoms with Crippen molar-refractivity contribution in [3.63, 3.8) is 0 Å². The Hall–Kier alpha value is -1.99. The topological polar surface area (TPSA) is 59.5 Å². The first kappa shape index (κ1) is 16.5. The van der Waals surface area contributed by atoms with Gasteiger partial charge in [-0.15, -0.1) is 0 Å². The largest absolute Gasteiger partial charge is 0.488 e. The van der Waals surface area contributed by atoms with Gasteiger partial charge in [0.15, 0.2) is 0 Å². The molecule has 2 aromatic rings. The van der Waals surface area contributed by atoms with Crippen LogP contribution >= 0.6 is 0 Å². The van der Waals surface area contributed by atoms with Gasteiger partial charge < -0.3 is 4.74 Å². The number of aromatic nitrogens is 1. The van der Waals surface area contributed by atoms with E-state index in [1.54, 1.807) is 30.6 Å². The standard InChI is InChI=1S/C18H19FN2O3S/c19-14-1-4-18(17(11-14)13-5-8-20-9-6-13)24-15-7-10-21(12-15)25(22,23)16-2-3-16/h1,4-6,8-9,11,15-16H,2-3,7,10,12H2. The molecule has 0 radical (unpaired) electrons. The lowest BCUT2D eigenvalue weighted by Crippen LogP contribution is -2.33. The molecule has 132 valence electrons. The molecule has 0 spiro atoms. The molecule has 1 saturated carbocycles. The summed E-state index contributed by atoms with van der Waals surface area (Å²) in [6, 6.07) is 7.97. The molecule has 1 aliphatic carbocycles. The van der Waals surface area contributed by atoms with Crippen molar-refractivity contribution in [2.45, 2.75) is 30.6 Å². The van der Waals surface area contributed by atoms with Crippen LogP contribution in [-0.2, 0) is 10.0 Å². The predicted octanol–water partition coefficient (Wildman–Crippen LogP) is 2.83. The van der Waals surface area contributed by atoms with Crippen LogP contribution in [-0.4, -0.2) is 42.2 Å². The van der Waals surface area contributed by atoms with Gasteiger partial charge in [-0.05, 0) is 55.2 Å². The maximum atomic E-state index is 13.7. The minimum atomic E-state index is -3.17. The molecule has 2 aliphatic rings. The second kappa shape index (κ2) is 6.38. The molecule has 2 fully saturated rings. The summed E-state index contributed by atoms with van der Waals surface area (Å²) >= 11 is 0. The number of pyridine rings is 1. The summed E-state index contributed by atoms with van der Waals surface area (Å²) in [4.78, 5) is 3.98. The molecular weight excluding hydrogens is 343 g/mol. The van der Waals surface area contributed by atoms with E-state index in [-0.39, 0.29) is 17.2 Å². The summed E-state index contributed by atoms with van der Waals surface area (Å²) in [5.41, 5.74) is 1.45. The maximum absolute atomic E-state index is 13.7. The van der Waals surface area contributed by atoms with Gasteiger partial charge in [-0.1, -0.05) is 0 Å². The molecule has 1 aromatic heterocycles. The maximum Gasteiger partial charge on any atom is 0.217 e. The SMILES string of the molecule is O=S(=O)(C1CC1)N1CCC(Oc2ccc(F)cc2-c2ccncc2)C1. The van der Waals surface area contributed by atoms with Crippen molar-refractivity contribution in [1.29, 1.82) is 0 Å². The van der Waals surface area contributed by atoms with E-state index in [9.17, 15) is 12.8 Å². The molecule has 1 atom stereocenters. The number of ether oxygens (including phenoxy) is 1. The molecule has 0 bridgehead atoms. The number of hydrogen-bond donors (Lipinski definition) is 0. The minimum absolute atomic E-state index is 0.204. The number of hydrogen-bond acceptors (Lipinski definition) is 4. The lowest BCUT2D eigenvalue weighted by atomic mass is 10.1. The minimum Gasteiger partial charge on any atom is -0.488 e. The number of benzene rings is 1. The summed E-state index contributed by atoms with van der Waals surface area (Å²) in [6.07, 6.45) is 5.22. The Labute approximate surface area is 146 Å². The van der Waals surface area contributed by atoms with Crippen LogP contribution in [0.1, 0.15) is 19.3 Å². The molecule has 2 heterocycles. The van der Waals surface area contributed by atoms with E-state index in [0.717, 1.165) is 18.4 Å². The van der Waals surface area contributed by atoms with Crippen molar-refractivity contribution in [2.24, 2.45) is 0 Å². The van der Waals surface area contributed by atoms with Crippen molar-refractivity contribution in [2.75, 3.05) is 13.1 Å². The van der Waals surface area contributed by atoms with Gasteiger partial charge in [-0.3, -0.25) is 4.98 Å². The summed E-state index contributed by atoms with van der Waals surface area (Å²) in [5, 5.41) is -0.204. The fourth-order valence-corrected chi connectivity index (χ4v) is 5.03. The Balaban J connectivity index is 1.54. The first-order valence-corrected chi connectivity index (χ1v) is 9.90. The molecule has 1 aliphatic heterocycles. The first-order valence-electron chi connectivity index (χ1n) is 8.39. The monoisotopic (exact) mass is 362 g/mol. The Morgan fingerprint density at radius 3 is 2.60 bits per heavy atom. The fraction of sp³-hybridized carbons (Fsp3) is 0.389. The van der Waals surface area contributed by atoms with E-state index in [0.29, 0.717) is 30.8 Å². The summed E-state index contributed by atoms with van der Waals surface area (Å²) in [7, 11) is -3.17. The number of rotatable bonds is 5. The molecule has 4 rings (SSSR count). The molecule has 0 N–H and O–H groups in total. The Bertz CT molecular complexity index is 869. The van der Waals surface area contributed by atoms with E-state index in [2.05, 4.69) is 4.98 Å². The van der Waals surface area contributed by atoms with Crippen LogP contribution in [0.15, 0.2) is 42.7 Å². The van der Waals surface area contributed by atoms with Crippen LogP contribution in [0.25, 0.3) is 11.1 Å². The highest BCUT2D eigenvalue weighted by molar-refractivity contribution is 7.90. The molecule has 1 saturated heterocycles. The van der Waals surface area contributed by atoms with E-state index < -0.39 is 10.0 Å². The molecule has 5 nitrogen and oxygen atoms in total. The number of halogens is 1. The quantitative estimate of drug-likeness (QED) is 0.821. The van der Waals surface area contributed by atoms with Gasteiger partial charge in [0.2, 0.25) is 10.0 Å². The zero-order valence-corrected chi connectivity index (χ0v) is 14.5. The summed E-state index contributed by atoms with van der Waals surface area (Å²) < 4.78 is 46.0. The highest BCUT2D eigenvalue weighted by Crippen LogP contribution is 2.35. The predicted molar refractivity (Wildman–Crippen MR) is 92.2 cm³/mol. The Morgan fingerprint density at radius 2 is 1.88 bits per heavy atom. The highest BCUT2D eigenvalue weighted by Gasteiger charge is 2.43. The van der Waals surface area contributed by atoms with Crippen LogP contribution in [0.4, 0.5) is 4.39 Å². The smallest absolute Gasteiger partial charge is 0.217 e. The zero-order chi connectivity index (χ0) is 17.4. The van der Waals surface area contributed by atoms with Crippen molar-refractivity contribution in [1.82, 2.24) is 9.29 Å². The lowest BCUT2D eigenvalue weighted by Gasteiger charge is -2.18. The van der Waals surface area contributed by atoms with Crippen molar-refractivity contribution in [3.8, 4) is 16.9 Å². The first-order chi connectivity index (χ1) is 12.0. The van der Waals surface area contributed by atoms with Crippen molar-refractivity contribution >= 4 is 10.0 Å². The van der Waals surface area contributed by atoms with Gasteiger partial charge in [0.05, 0.1) is 11.8 Å². The third-order valence-electron chi connectivity index (χ3n) is 4.64. The second-order valence-electron chi connectivity index (χ2n) is 6.51. The molecule has 1 aromatic carbocycles. The molecule has 1 unspecified atom stereocenters. The van der Waals surface area contributed by atoms with Crippen LogP contribution < -0.4 is 4.74 Å². The van der Waals surface area contributed by atoms with Crippen LogP contribution in [0.2, 0.25) is 0 Å². The van der Waals surface area contributed by atoms with E-state index in [1.165, 1.54) is 16.4 Å². The van der Waals surface area contributed by atoms with Crippen molar-refractivity contribution < 1.29 is 17.5 Å². The third kappa shape index (κ3) is 3.39. The fourth-order valence-electron chi connectivity index (χ4n) is 3.14. The van der Waals surface area contributed by atoms with Crippen LogP contribution in [0.5, 0.6) is 5.75 Å². The lowest BCUT2D eigenvalue weighted by molar-refractivity contribution is 0.216. The van der Waals surface area contributed by atoms with E-state index in [1.807, 2.05) is 0 Å². The number of sulfonamides is 1. The number of nitrogens with zero attached hydrogens (tertiary/aromatic N) is 2. The zero-order valence-electron chi connectivity index (χ0n) is 13.6. The normalized spacial score (nSPS) is 21.4. The molecule has 25 heavy (non-hydrogen) atoms. The average molecular weight is 362 g/mol. The summed E-state index contributed by atoms with van der Waals surface area (Å²) in [5.74, 6) is 0.215. The molecular formula is C18H19FN2O3S. The van der Waals surface area contributed by atoms with Crippen LogP contribution in [0.3, 0.4) is 0 Å². The third-order valence-corrected chi connectivity index (χ3v) is 7.01. The van der Waals surface area contributed by atoms with Gasteiger partial charge in [-0.25, -0.2) is 12.8 Å². The highest BCUT2D eigenvalue weighted by atomic mass is 32.2. The Kier molecular flexibility index (Phi) is 4.21. The Morgan fingerprint density at radius 1 is 1.12 bits per heavy atom. The van der Waals surface area contributed by atoms with Gasteiger partial charge in [0.1, 0.15) is 17.7 Å². The van der Waals surface area contributed by atoms with Gasteiger partial charge in [0, 0.05) is 24.5 Å². The van der Waals surface area contributed by atoms with E-state index in [4.69, 9.17) is 4.74 Å². The molecule has 7 heteroatoms. The average Bonchev–Trinajstić information content (AvgIpc) is 3.37. The van der Waals surface area contributed by atoms with Gasteiger partial charge in [-0.2, -0.15) is 4.31 Å². The van der Waals surface area contributed by atoms with Crippen LogP contribution in [0, 0.1) is 5.82 Å². The van der Waals surface area contributed by atoms with Gasteiger partial charge >= 0.3 is 0 Å². The second-order valence-corrected chi connectivity index (χ2v) is 8.72. The van der Waals surface area contributed by atoms with E-state index >= 15 is 0 Å². The van der Waals surface area contributed by atoms with Gasteiger partial charge in [0.25, 0.3) is 0 Å². The van der Waals surface area contributed by atoms with Crippen molar-refractivity contribution in [3.05, 3.63) is 48.5 Å². The molecule has 0 amide bonds.